The second-order valence-corrected chi connectivity index (χ2v) is 4.87. The van der Waals surface area contributed by atoms with E-state index in [9.17, 15) is 0 Å². The van der Waals surface area contributed by atoms with Crippen molar-refractivity contribution < 1.29 is 4.74 Å². The minimum Gasteiger partial charge on any atom is -0.371 e. The second-order valence-electron chi connectivity index (χ2n) is 4.87. The number of nitrogens with one attached hydrogen (secondary N) is 2. The number of benzene rings is 1. The smallest absolute Gasteiger partial charge is 0.153 e. The Morgan fingerprint density at radius 2 is 2.00 bits per heavy atom. The SMILES string of the molecule is Cc1ccc(Nc2ccc(C3CNCCO3)cc2)nn1. The predicted octanol–water partition coefficient (Wildman–Crippen LogP) is 2.19. The van der Waals surface area contributed by atoms with Gasteiger partial charge in [0.15, 0.2) is 5.82 Å². The molecule has 0 spiro atoms. The highest BCUT2D eigenvalue weighted by Crippen LogP contribution is 2.22. The molecule has 1 saturated heterocycles. The topological polar surface area (TPSA) is 59.1 Å². The third-order valence-corrected chi connectivity index (χ3v) is 3.28. The molecule has 20 heavy (non-hydrogen) atoms. The van der Waals surface area contributed by atoms with E-state index in [0.717, 1.165) is 36.9 Å². The molecule has 1 aliphatic rings. The number of anilines is 2. The van der Waals surface area contributed by atoms with E-state index < -0.39 is 0 Å². The molecule has 2 heterocycles. The number of hydrogen-bond acceptors (Lipinski definition) is 5. The van der Waals surface area contributed by atoms with Gasteiger partial charge in [0.25, 0.3) is 0 Å². The lowest BCUT2D eigenvalue weighted by atomic mass is 10.1. The maximum atomic E-state index is 5.73. The summed E-state index contributed by atoms with van der Waals surface area (Å²) in [6.07, 6.45) is 0.150. The summed E-state index contributed by atoms with van der Waals surface area (Å²) < 4.78 is 5.73. The lowest BCUT2D eigenvalue weighted by molar-refractivity contribution is 0.0277. The van der Waals surface area contributed by atoms with Crippen molar-refractivity contribution in [2.45, 2.75) is 13.0 Å². The van der Waals surface area contributed by atoms with Crippen LogP contribution < -0.4 is 10.6 Å². The van der Waals surface area contributed by atoms with Gasteiger partial charge in [0, 0.05) is 18.8 Å². The standard InChI is InChI=1S/C15H18N4O/c1-11-2-7-15(19-18-11)17-13-5-3-12(4-6-13)14-10-16-8-9-20-14/h2-7,14,16H,8-10H2,1H3,(H,17,19). The molecule has 5 nitrogen and oxygen atoms in total. The molecular weight excluding hydrogens is 252 g/mol. The number of aryl methyl sites for hydroxylation is 1. The van der Waals surface area contributed by atoms with Gasteiger partial charge in [-0.15, -0.1) is 5.10 Å². The summed E-state index contributed by atoms with van der Waals surface area (Å²) in [5, 5.41) is 14.7. The third kappa shape index (κ3) is 3.12. The maximum Gasteiger partial charge on any atom is 0.153 e. The highest BCUT2D eigenvalue weighted by Gasteiger charge is 2.15. The second kappa shape index (κ2) is 5.98. The van der Waals surface area contributed by atoms with Crippen LogP contribution in [0, 0.1) is 6.92 Å². The highest BCUT2D eigenvalue weighted by molar-refractivity contribution is 5.56. The molecule has 0 aliphatic carbocycles. The Kier molecular flexibility index (Phi) is 3.90. The van der Waals surface area contributed by atoms with Crippen LogP contribution in [0.15, 0.2) is 36.4 Å². The summed E-state index contributed by atoms with van der Waals surface area (Å²) >= 11 is 0. The van der Waals surface area contributed by atoms with Crippen LogP contribution in [-0.4, -0.2) is 29.9 Å². The van der Waals surface area contributed by atoms with Crippen molar-refractivity contribution in [3.8, 4) is 0 Å². The number of rotatable bonds is 3. The minimum atomic E-state index is 0.150. The molecule has 0 amide bonds. The van der Waals surface area contributed by atoms with Crippen molar-refractivity contribution >= 4 is 11.5 Å². The highest BCUT2D eigenvalue weighted by atomic mass is 16.5. The van der Waals surface area contributed by atoms with Crippen LogP contribution in [0.5, 0.6) is 0 Å². The average Bonchev–Trinajstić information content (AvgIpc) is 2.51. The number of hydrogen-bond donors (Lipinski definition) is 2. The van der Waals surface area contributed by atoms with Crippen molar-refractivity contribution in [2.24, 2.45) is 0 Å². The molecule has 0 saturated carbocycles. The van der Waals surface area contributed by atoms with E-state index in [0.29, 0.717) is 0 Å². The monoisotopic (exact) mass is 270 g/mol. The van der Waals surface area contributed by atoms with Crippen molar-refractivity contribution in [3.63, 3.8) is 0 Å². The molecule has 0 radical (unpaired) electrons. The van der Waals surface area contributed by atoms with Gasteiger partial charge in [0.05, 0.1) is 18.4 Å². The Labute approximate surface area is 118 Å². The van der Waals surface area contributed by atoms with Crippen LogP contribution >= 0.6 is 0 Å². The fourth-order valence-electron chi connectivity index (χ4n) is 2.17. The van der Waals surface area contributed by atoms with E-state index in [-0.39, 0.29) is 6.10 Å². The molecule has 1 aliphatic heterocycles. The van der Waals surface area contributed by atoms with Crippen LogP contribution in [-0.2, 0) is 4.74 Å². The Bertz CT molecular complexity index is 547. The Morgan fingerprint density at radius 1 is 1.15 bits per heavy atom. The summed E-state index contributed by atoms with van der Waals surface area (Å²) in [6.45, 7) is 4.49. The van der Waals surface area contributed by atoms with Gasteiger partial charge in [0.2, 0.25) is 0 Å². The quantitative estimate of drug-likeness (QED) is 0.895. The summed E-state index contributed by atoms with van der Waals surface area (Å²) in [5.74, 6) is 0.749. The Hall–Kier alpha value is -1.98. The van der Waals surface area contributed by atoms with Gasteiger partial charge < -0.3 is 15.4 Å². The largest absolute Gasteiger partial charge is 0.371 e. The molecule has 1 aromatic heterocycles. The van der Waals surface area contributed by atoms with E-state index in [4.69, 9.17) is 4.74 Å². The first-order valence-electron chi connectivity index (χ1n) is 6.81. The summed E-state index contributed by atoms with van der Waals surface area (Å²) in [7, 11) is 0. The molecule has 1 aromatic carbocycles. The van der Waals surface area contributed by atoms with E-state index in [1.165, 1.54) is 5.56 Å². The zero-order valence-electron chi connectivity index (χ0n) is 11.5. The van der Waals surface area contributed by atoms with Crippen LogP contribution in [0.1, 0.15) is 17.4 Å². The number of aromatic nitrogens is 2. The van der Waals surface area contributed by atoms with Crippen LogP contribution in [0.4, 0.5) is 11.5 Å². The van der Waals surface area contributed by atoms with Crippen molar-refractivity contribution in [1.29, 1.82) is 0 Å². The summed E-state index contributed by atoms with van der Waals surface area (Å²) in [4.78, 5) is 0. The zero-order chi connectivity index (χ0) is 13.8. The summed E-state index contributed by atoms with van der Waals surface area (Å²) in [5.41, 5.74) is 3.10. The van der Waals surface area contributed by atoms with E-state index >= 15 is 0 Å². The van der Waals surface area contributed by atoms with Crippen molar-refractivity contribution in [3.05, 3.63) is 47.7 Å². The Morgan fingerprint density at radius 3 is 2.65 bits per heavy atom. The van der Waals surface area contributed by atoms with Gasteiger partial charge >= 0.3 is 0 Å². The van der Waals surface area contributed by atoms with Gasteiger partial charge in [-0.1, -0.05) is 12.1 Å². The zero-order valence-corrected chi connectivity index (χ0v) is 11.5. The van der Waals surface area contributed by atoms with E-state index in [1.807, 2.05) is 31.2 Å². The first-order valence-corrected chi connectivity index (χ1v) is 6.81. The molecule has 0 bridgehead atoms. The number of morpholine rings is 1. The summed E-state index contributed by atoms with van der Waals surface area (Å²) in [6, 6.07) is 12.1. The lowest BCUT2D eigenvalue weighted by Gasteiger charge is -2.24. The molecule has 2 aromatic rings. The first-order chi connectivity index (χ1) is 9.81. The number of ether oxygens (including phenoxy) is 1. The van der Waals surface area contributed by atoms with Crippen LogP contribution in [0.3, 0.4) is 0 Å². The van der Waals surface area contributed by atoms with Crippen molar-refractivity contribution in [1.82, 2.24) is 15.5 Å². The average molecular weight is 270 g/mol. The van der Waals surface area contributed by atoms with E-state index in [1.54, 1.807) is 0 Å². The van der Waals surface area contributed by atoms with Gasteiger partial charge in [-0.05, 0) is 36.8 Å². The molecule has 104 valence electrons. The van der Waals surface area contributed by atoms with Crippen molar-refractivity contribution in [2.75, 3.05) is 25.0 Å². The van der Waals surface area contributed by atoms with Gasteiger partial charge in [-0.3, -0.25) is 0 Å². The molecule has 2 N–H and O–H groups in total. The minimum absolute atomic E-state index is 0.150. The van der Waals surface area contributed by atoms with Gasteiger partial charge in [-0.2, -0.15) is 5.10 Å². The third-order valence-electron chi connectivity index (χ3n) is 3.28. The van der Waals surface area contributed by atoms with Gasteiger partial charge in [-0.25, -0.2) is 0 Å². The molecule has 5 heteroatoms. The number of nitrogens with zero attached hydrogens (tertiary/aromatic N) is 2. The fraction of sp³-hybridized carbons (Fsp3) is 0.333. The fourth-order valence-corrected chi connectivity index (χ4v) is 2.17. The molecule has 1 fully saturated rings. The van der Waals surface area contributed by atoms with Crippen LogP contribution in [0.25, 0.3) is 0 Å². The molecule has 3 rings (SSSR count). The molecular formula is C15H18N4O. The maximum absolute atomic E-state index is 5.73. The Balaban J connectivity index is 1.67. The first kappa shape index (κ1) is 13.0. The molecule has 1 unspecified atom stereocenters. The van der Waals surface area contributed by atoms with Crippen LogP contribution in [0.2, 0.25) is 0 Å². The van der Waals surface area contributed by atoms with E-state index in [2.05, 4.69) is 33.0 Å². The predicted molar refractivity (Wildman–Crippen MR) is 78.1 cm³/mol. The molecule has 1 atom stereocenters. The normalized spacial score (nSPS) is 18.8. The lowest BCUT2D eigenvalue weighted by Crippen LogP contribution is -2.33. The van der Waals surface area contributed by atoms with Gasteiger partial charge in [0.1, 0.15) is 0 Å².